The van der Waals surface area contributed by atoms with E-state index < -0.39 is 0 Å². The lowest BCUT2D eigenvalue weighted by molar-refractivity contribution is -0.165. The minimum Gasteiger partial charge on any atom is -0.461 e. The third kappa shape index (κ3) is 3.07. The van der Waals surface area contributed by atoms with E-state index in [9.17, 15) is 9.59 Å². The summed E-state index contributed by atoms with van der Waals surface area (Å²) in [5.41, 5.74) is 1.54. The molecule has 0 aromatic rings. The molecule has 4 nitrogen and oxygen atoms in total. The van der Waals surface area contributed by atoms with E-state index in [-0.39, 0.29) is 39.8 Å². The topological polar surface area (TPSA) is 52.6 Å². The molecule has 0 amide bonds. The summed E-state index contributed by atoms with van der Waals surface area (Å²) in [4.78, 5) is 23.1. The Morgan fingerprint density at radius 2 is 1.79 bits per heavy atom. The van der Waals surface area contributed by atoms with Gasteiger partial charge in [0.2, 0.25) is 0 Å². The Morgan fingerprint density at radius 3 is 2.33 bits per heavy atom. The van der Waals surface area contributed by atoms with Crippen molar-refractivity contribution in [3.8, 4) is 0 Å². The van der Waals surface area contributed by atoms with Crippen molar-refractivity contribution >= 4 is 27.9 Å². The Labute approximate surface area is 152 Å². The molecule has 0 heterocycles. The van der Waals surface area contributed by atoms with Crippen molar-refractivity contribution in [2.75, 3.05) is 0 Å². The highest BCUT2D eigenvalue weighted by atomic mass is 79.9. The maximum absolute atomic E-state index is 11.7. The minimum atomic E-state index is -0.372. The molecule has 0 bridgehead atoms. The molecule has 5 heteroatoms. The Morgan fingerprint density at radius 1 is 1.21 bits per heavy atom. The summed E-state index contributed by atoms with van der Waals surface area (Å²) in [5.74, 6) is -0.564. The molecule has 0 radical (unpaired) electrons. The number of rotatable bonds is 2. The Kier molecular flexibility index (Phi) is 5.34. The minimum absolute atomic E-state index is 0.0516. The monoisotopic (exact) mass is 398 g/mol. The van der Waals surface area contributed by atoms with Crippen LogP contribution in [-0.2, 0) is 19.1 Å². The van der Waals surface area contributed by atoms with E-state index >= 15 is 0 Å². The van der Waals surface area contributed by atoms with Crippen LogP contribution in [0.2, 0.25) is 0 Å². The number of alkyl halides is 1. The maximum atomic E-state index is 11.7. The van der Waals surface area contributed by atoms with Crippen LogP contribution < -0.4 is 0 Å². The first-order valence-corrected chi connectivity index (χ1v) is 9.26. The van der Waals surface area contributed by atoms with Crippen molar-refractivity contribution in [3.63, 3.8) is 0 Å². The number of esters is 2. The van der Waals surface area contributed by atoms with Crippen molar-refractivity contribution < 1.29 is 19.1 Å². The van der Waals surface area contributed by atoms with Crippen molar-refractivity contribution in [1.29, 1.82) is 0 Å². The van der Waals surface area contributed by atoms with Gasteiger partial charge in [0.15, 0.2) is 0 Å². The molecule has 1 fully saturated rings. The molecule has 1 spiro atoms. The van der Waals surface area contributed by atoms with E-state index in [4.69, 9.17) is 9.47 Å². The second-order valence-corrected chi connectivity index (χ2v) is 8.59. The van der Waals surface area contributed by atoms with Gasteiger partial charge in [-0.25, -0.2) is 0 Å². The summed E-state index contributed by atoms with van der Waals surface area (Å²) in [6.07, 6.45) is 3.77. The smallest absolute Gasteiger partial charge is 0.302 e. The van der Waals surface area contributed by atoms with Crippen LogP contribution in [0.3, 0.4) is 0 Å². The first-order valence-electron chi connectivity index (χ1n) is 8.34. The molecule has 0 aliphatic heterocycles. The standard InChI is InChI=1S/C19H27BrO4/c1-11-7-8-19(16(9-11)24-14(4)22)12(2)10-15(23-13(3)21)17(20)18(19,5)6/h7,15-17H,2,8-10H2,1,3-6H3/t15-,16+,17-,19?/m0/s1. The van der Waals surface area contributed by atoms with Crippen LogP contribution in [0.1, 0.15) is 53.9 Å². The number of hydrogen-bond acceptors (Lipinski definition) is 4. The lowest BCUT2D eigenvalue weighted by atomic mass is 9.49. The highest BCUT2D eigenvalue weighted by molar-refractivity contribution is 9.09. The molecule has 0 N–H and O–H groups in total. The number of allylic oxidation sites excluding steroid dienone is 1. The van der Waals surface area contributed by atoms with Gasteiger partial charge in [-0.05, 0) is 18.8 Å². The normalized spacial score (nSPS) is 35.3. The van der Waals surface area contributed by atoms with Crippen LogP contribution in [0, 0.1) is 10.8 Å². The highest BCUT2D eigenvalue weighted by Crippen LogP contribution is 2.62. The first-order chi connectivity index (χ1) is 11.0. The molecule has 2 rings (SSSR count). The summed E-state index contributed by atoms with van der Waals surface area (Å²) in [6.45, 7) is 13.5. The third-order valence-electron chi connectivity index (χ3n) is 5.70. The van der Waals surface area contributed by atoms with Crippen LogP contribution in [0.25, 0.3) is 0 Å². The van der Waals surface area contributed by atoms with E-state index in [1.165, 1.54) is 19.4 Å². The summed E-state index contributed by atoms with van der Waals surface area (Å²) in [6, 6.07) is 0. The number of hydrogen-bond donors (Lipinski definition) is 0. The maximum Gasteiger partial charge on any atom is 0.302 e. The fourth-order valence-corrected chi connectivity index (χ4v) is 5.12. The Bertz CT molecular complexity index is 592. The van der Waals surface area contributed by atoms with Crippen LogP contribution in [-0.4, -0.2) is 29.0 Å². The number of carbonyl (C=O) groups is 2. The predicted molar refractivity (Wildman–Crippen MR) is 96.8 cm³/mol. The van der Waals surface area contributed by atoms with Gasteiger partial charge < -0.3 is 9.47 Å². The second-order valence-electron chi connectivity index (χ2n) is 7.61. The molecule has 4 atom stereocenters. The van der Waals surface area contributed by atoms with Gasteiger partial charge in [0.05, 0.1) is 4.83 Å². The Balaban J connectivity index is 2.47. The van der Waals surface area contributed by atoms with Gasteiger partial charge in [-0.3, -0.25) is 9.59 Å². The third-order valence-corrected chi connectivity index (χ3v) is 7.43. The highest BCUT2D eigenvalue weighted by Gasteiger charge is 2.61. The zero-order valence-corrected chi connectivity index (χ0v) is 16.7. The summed E-state index contributed by atoms with van der Waals surface area (Å²) < 4.78 is 11.3. The summed E-state index contributed by atoms with van der Waals surface area (Å²) in [7, 11) is 0. The number of carbonyl (C=O) groups excluding carboxylic acids is 2. The van der Waals surface area contributed by atoms with E-state index in [1.54, 1.807) is 0 Å². The van der Waals surface area contributed by atoms with Gasteiger partial charge in [0.1, 0.15) is 12.2 Å². The van der Waals surface area contributed by atoms with Gasteiger partial charge in [-0.15, -0.1) is 0 Å². The zero-order chi connectivity index (χ0) is 18.3. The van der Waals surface area contributed by atoms with Crippen molar-refractivity contribution in [3.05, 3.63) is 23.8 Å². The average Bonchev–Trinajstić information content (AvgIpc) is 2.43. The fourth-order valence-electron chi connectivity index (χ4n) is 4.42. The second kappa shape index (κ2) is 6.66. The molecular formula is C19H27BrO4. The number of halogens is 1. The molecule has 134 valence electrons. The fraction of sp³-hybridized carbons (Fsp3) is 0.684. The summed E-state index contributed by atoms with van der Waals surface area (Å²) in [5, 5.41) is 0. The number of ether oxygens (including phenoxy) is 2. The SMILES string of the molecule is C=C1C[C@H](OC(C)=O)[C@H](Br)C(C)(C)C12CC=C(C)C[C@H]2OC(C)=O. The first kappa shape index (κ1) is 19.2. The van der Waals surface area contributed by atoms with Crippen molar-refractivity contribution in [2.45, 2.75) is 70.9 Å². The van der Waals surface area contributed by atoms with Gasteiger partial charge in [0, 0.05) is 32.1 Å². The molecule has 1 unspecified atom stereocenters. The molecule has 2 aliphatic rings. The summed E-state index contributed by atoms with van der Waals surface area (Å²) >= 11 is 3.77. The molecule has 0 aromatic heterocycles. The molecular weight excluding hydrogens is 372 g/mol. The lowest BCUT2D eigenvalue weighted by Gasteiger charge is -2.59. The van der Waals surface area contributed by atoms with Crippen molar-refractivity contribution in [2.24, 2.45) is 10.8 Å². The molecule has 2 aliphatic carbocycles. The van der Waals surface area contributed by atoms with E-state index in [2.05, 4.69) is 49.4 Å². The molecule has 0 aromatic carbocycles. The van der Waals surface area contributed by atoms with Crippen LogP contribution in [0.4, 0.5) is 0 Å². The van der Waals surface area contributed by atoms with Crippen LogP contribution in [0.5, 0.6) is 0 Å². The molecule has 1 saturated carbocycles. The van der Waals surface area contributed by atoms with E-state index in [1.807, 2.05) is 0 Å². The Hall–Kier alpha value is -1.10. The van der Waals surface area contributed by atoms with Crippen molar-refractivity contribution in [1.82, 2.24) is 0 Å². The van der Waals surface area contributed by atoms with Crippen LogP contribution in [0.15, 0.2) is 23.8 Å². The largest absolute Gasteiger partial charge is 0.461 e. The molecule has 0 saturated heterocycles. The van der Waals surface area contributed by atoms with Gasteiger partial charge in [0.25, 0.3) is 0 Å². The molecule has 24 heavy (non-hydrogen) atoms. The lowest BCUT2D eigenvalue weighted by Crippen LogP contribution is -2.60. The zero-order valence-electron chi connectivity index (χ0n) is 15.1. The van der Waals surface area contributed by atoms with Gasteiger partial charge >= 0.3 is 11.9 Å². The quantitative estimate of drug-likeness (QED) is 0.394. The average molecular weight is 399 g/mol. The van der Waals surface area contributed by atoms with Crippen LogP contribution >= 0.6 is 15.9 Å². The van der Waals surface area contributed by atoms with E-state index in [0.29, 0.717) is 12.8 Å². The van der Waals surface area contributed by atoms with E-state index in [0.717, 1.165) is 12.0 Å². The predicted octanol–water partition coefficient (Wildman–Crippen LogP) is 4.33. The van der Waals surface area contributed by atoms with Gasteiger partial charge in [-0.1, -0.05) is 53.6 Å². The van der Waals surface area contributed by atoms with Gasteiger partial charge in [-0.2, -0.15) is 0 Å².